The molecular weight excluding hydrogens is 328 g/mol. The van der Waals surface area contributed by atoms with Crippen molar-refractivity contribution >= 4 is 41.1 Å². The third-order valence-electron chi connectivity index (χ3n) is 2.76. The maximum atomic E-state index is 12.2. The second kappa shape index (κ2) is 9.32. The van der Waals surface area contributed by atoms with Gasteiger partial charge in [-0.05, 0) is 30.6 Å². The van der Waals surface area contributed by atoms with Crippen LogP contribution in [0.3, 0.4) is 0 Å². The van der Waals surface area contributed by atoms with Crippen LogP contribution >= 0.6 is 23.4 Å². The number of halogens is 1. The monoisotopic (exact) mass is 344 g/mol. The van der Waals surface area contributed by atoms with E-state index in [4.69, 9.17) is 16.7 Å². The van der Waals surface area contributed by atoms with Gasteiger partial charge in [0.1, 0.15) is 12.6 Å². The predicted octanol–water partition coefficient (Wildman–Crippen LogP) is 1.39. The average Bonchev–Trinajstić information content (AvgIpc) is 2.49. The quantitative estimate of drug-likeness (QED) is 0.662. The molecule has 0 heterocycles. The first-order valence-electron chi connectivity index (χ1n) is 6.49. The summed E-state index contributed by atoms with van der Waals surface area (Å²) in [6.07, 6.45) is 2.27. The minimum Gasteiger partial charge on any atom is -0.480 e. The molecule has 6 nitrogen and oxygen atoms in total. The number of nitrogens with one attached hydrogen (secondary N) is 2. The van der Waals surface area contributed by atoms with Gasteiger partial charge < -0.3 is 15.7 Å². The van der Waals surface area contributed by atoms with Gasteiger partial charge in [0.15, 0.2) is 0 Å². The van der Waals surface area contributed by atoms with Gasteiger partial charge in [-0.3, -0.25) is 14.4 Å². The van der Waals surface area contributed by atoms with Crippen molar-refractivity contribution in [2.45, 2.75) is 12.5 Å². The molecule has 1 atom stereocenters. The number of hydrogen-bond donors (Lipinski definition) is 3. The van der Waals surface area contributed by atoms with Crippen molar-refractivity contribution in [3.63, 3.8) is 0 Å². The Morgan fingerprint density at radius 3 is 2.59 bits per heavy atom. The summed E-state index contributed by atoms with van der Waals surface area (Å²) in [7, 11) is 0. The van der Waals surface area contributed by atoms with Crippen LogP contribution in [0.25, 0.3) is 0 Å². The Balaban J connectivity index is 2.75. The van der Waals surface area contributed by atoms with E-state index in [-0.39, 0.29) is 10.6 Å². The van der Waals surface area contributed by atoms with E-state index in [1.54, 1.807) is 24.3 Å². The summed E-state index contributed by atoms with van der Waals surface area (Å²) in [6, 6.07) is 5.69. The van der Waals surface area contributed by atoms with Crippen LogP contribution in [0.15, 0.2) is 24.3 Å². The number of aliphatic carboxylic acids is 1. The van der Waals surface area contributed by atoms with Gasteiger partial charge >= 0.3 is 5.97 Å². The molecule has 0 saturated carbocycles. The van der Waals surface area contributed by atoms with Gasteiger partial charge in [0.05, 0.1) is 10.6 Å². The molecule has 3 N–H and O–H groups in total. The van der Waals surface area contributed by atoms with Crippen molar-refractivity contribution in [3.05, 3.63) is 34.9 Å². The third kappa shape index (κ3) is 5.95. The van der Waals surface area contributed by atoms with E-state index in [1.165, 1.54) is 11.8 Å². The van der Waals surface area contributed by atoms with Crippen molar-refractivity contribution in [1.82, 2.24) is 10.6 Å². The number of carbonyl (C=O) groups excluding carboxylic acids is 2. The standard InChI is InChI=1S/C14H17ClN2O4S/c1-22-7-6-11(14(21)16-8-12(18)19)17-13(20)9-4-2-3-5-10(9)15/h2-5,11H,6-8H2,1H3,(H,16,21)(H,17,20)(H,18,19). The summed E-state index contributed by atoms with van der Waals surface area (Å²) in [5.74, 6) is -1.50. The molecule has 1 aromatic rings. The van der Waals surface area contributed by atoms with Crippen LogP contribution in [0.4, 0.5) is 0 Å². The second-order valence-electron chi connectivity index (χ2n) is 4.40. The zero-order valence-corrected chi connectivity index (χ0v) is 13.5. The van der Waals surface area contributed by atoms with Crippen LogP contribution in [0.2, 0.25) is 5.02 Å². The van der Waals surface area contributed by atoms with Gasteiger partial charge in [-0.1, -0.05) is 23.7 Å². The molecule has 1 rings (SSSR count). The van der Waals surface area contributed by atoms with Crippen molar-refractivity contribution in [2.75, 3.05) is 18.6 Å². The molecule has 2 amide bonds. The van der Waals surface area contributed by atoms with Gasteiger partial charge in [0, 0.05) is 0 Å². The Bertz CT molecular complexity index is 553. The van der Waals surface area contributed by atoms with Crippen LogP contribution in [-0.2, 0) is 9.59 Å². The first-order valence-corrected chi connectivity index (χ1v) is 8.26. The van der Waals surface area contributed by atoms with E-state index in [2.05, 4.69) is 10.6 Å². The Morgan fingerprint density at radius 2 is 2.00 bits per heavy atom. The fourth-order valence-corrected chi connectivity index (χ4v) is 2.36. The van der Waals surface area contributed by atoms with Gasteiger partial charge in [-0.15, -0.1) is 0 Å². The highest BCUT2D eigenvalue weighted by Crippen LogP contribution is 2.15. The van der Waals surface area contributed by atoms with Crippen molar-refractivity contribution in [2.24, 2.45) is 0 Å². The van der Waals surface area contributed by atoms with Crippen molar-refractivity contribution < 1.29 is 19.5 Å². The first-order chi connectivity index (χ1) is 10.5. The zero-order valence-electron chi connectivity index (χ0n) is 12.0. The number of thioether (sulfide) groups is 1. The topological polar surface area (TPSA) is 95.5 Å². The smallest absolute Gasteiger partial charge is 0.322 e. The van der Waals surface area contributed by atoms with E-state index >= 15 is 0 Å². The molecule has 1 aromatic carbocycles. The highest BCUT2D eigenvalue weighted by Gasteiger charge is 2.22. The molecule has 0 aromatic heterocycles. The number of carboxylic acid groups (broad SMARTS) is 1. The SMILES string of the molecule is CSCCC(NC(=O)c1ccccc1Cl)C(=O)NCC(=O)O. The lowest BCUT2D eigenvalue weighted by Gasteiger charge is -2.18. The van der Waals surface area contributed by atoms with Crippen molar-refractivity contribution in [3.8, 4) is 0 Å². The summed E-state index contributed by atoms with van der Waals surface area (Å²) in [5, 5.41) is 13.7. The fraction of sp³-hybridized carbons (Fsp3) is 0.357. The van der Waals surface area contributed by atoms with Crippen LogP contribution in [-0.4, -0.2) is 47.5 Å². The molecule has 120 valence electrons. The van der Waals surface area contributed by atoms with E-state index in [9.17, 15) is 14.4 Å². The highest BCUT2D eigenvalue weighted by atomic mass is 35.5. The van der Waals surface area contributed by atoms with Gasteiger partial charge in [-0.2, -0.15) is 11.8 Å². The normalized spacial score (nSPS) is 11.5. The van der Waals surface area contributed by atoms with Gasteiger partial charge in [-0.25, -0.2) is 0 Å². The Labute approximate surface area is 137 Å². The molecule has 8 heteroatoms. The lowest BCUT2D eigenvalue weighted by Crippen LogP contribution is -2.48. The minimum absolute atomic E-state index is 0.268. The Morgan fingerprint density at radius 1 is 1.32 bits per heavy atom. The molecule has 0 aliphatic rings. The molecule has 0 aliphatic carbocycles. The van der Waals surface area contributed by atoms with E-state index < -0.39 is 30.4 Å². The number of carboxylic acids is 1. The second-order valence-corrected chi connectivity index (χ2v) is 5.79. The zero-order chi connectivity index (χ0) is 16.5. The van der Waals surface area contributed by atoms with Crippen LogP contribution in [0, 0.1) is 0 Å². The summed E-state index contributed by atoms with van der Waals surface area (Å²) >= 11 is 7.47. The van der Waals surface area contributed by atoms with Crippen molar-refractivity contribution in [1.29, 1.82) is 0 Å². The number of rotatable bonds is 8. The summed E-state index contributed by atoms with van der Waals surface area (Å²) in [5.41, 5.74) is 0.268. The molecule has 1 unspecified atom stereocenters. The number of hydrogen-bond acceptors (Lipinski definition) is 4. The predicted molar refractivity (Wildman–Crippen MR) is 86.4 cm³/mol. The Hall–Kier alpha value is -1.73. The lowest BCUT2D eigenvalue weighted by molar-refractivity contribution is -0.138. The fourth-order valence-electron chi connectivity index (χ4n) is 1.67. The number of benzene rings is 1. The van der Waals surface area contributed by atoms with Crippen LogP contribution < -0.4 is 10.6 Å². The van der Waals surface area contributed by atoms with Gasteiger partial charge in [0.25, 0.3) is 5.91 Å². The van der Waals surface area contributed by atoms with E-state index in [1.807, 2.05) is 6.26 Å². The molecule has 0 spiro atoms. The molecule has 0 fully saturated rings. The minimum atomic E-state index is -1.14. The molecular formula is C14H17ClN2O4S. The molecule has 0 bridgehead atoms. The molecule has 0 aliphatic heterocycles. The third-order valence-corrected chi connectivity index (χ3v) is 3.74. The van der Waals surface area contributed by atoms with Crippen LogP contribution in [0.1, 0.15) is 16.8 Å². The van der Waals surface area contributed by atoms with E-state index in [0.29, 0.717) is 12.2 Å². The van der Waals surface area contributed by atoms with E-state index in [0.717, 1.165) is 0 Å². The molecule has 0 saturated heterocycles. The summed E-state index contributed by atoms with van der Waals surface area (Å²) < 4.78 is 0. The maximum absolute atomic E-state index is 12.2. The largest absolute Gasteiger partial charge is 0.480 e. The van der Waals surface area contributed by atoms with Gasteiger partial charge in [0.2, 0.25) is 5.91 Å². The number of carbonyl (C=O) groups is 3. The van der Waals surface area contributed by atoms with Crippen LogP contribution in [0.5, 0.6) is 0 Å². The first kappa shape index (κ1) is 18.3. The summed E-state index contributed by atoms with van der Waals surface area (Å²) in [4.78, 5) is 34.7. The average molecular weight is 345 g/mol. The lowest BCUT2D eigenvalue weighted by atomic mass is 10.1. The summed E-state index contributed by atoms with van der Waals surface area (Å²) in [6.45, 7) is -0.490. The molecule has 22 heavy (non-hydrogen) atoms. The Kier molecular flexibility index (Phi) is 7.76. The highest BCUT2D eigenvalue weighted by molar-refractivity contribution is 7.98. The number of amides is 2. The molecule has 0 radical (unpaired) electrons. The maximum Gasteiger partial charge on any atom is 0.322 e.